The molecule has 0 aromatic heterocycles. The van der Waals surface area contributed by atoms with Crippen molar-refractivity contribution in [3.63, 3.8) is 0 Å². The summed E-state index contributed by atoms with van der Waals surface area (Å²) in [7, 11) is 0. The van der Waals surface area contributed by atoms with Crippen LogP contribution in [-0.2, 0) is 14.3 Å². The van der Waals surface area contributed by atoms with Crippen LogP contribution in [0.1, 0.15) is 27.2 Å². The summed E-state index contributed by atoms with van der Waals surface area (Å²) in [5.74, 6) is -6.64. The molecule has 1 aromatic rings. The van der Waals surface area contributed by atoms with Crippen molar-refractivity contribution in [1.82, 2.24) is 0 Å². The molecule has 1 rings (SSSR count). The lowest BCUT2D eigenvalue weighted by atomic mass is 9.91. The molecule has 5 nitrogen and oxygen atoms in total. The Morgan fingerprint density at radius 3 is 1.96 bits per heavy atom. The van der Waals surface area contributed by atoms with E-state index in [1.165, 1.54) is 24.3 Å². The van der Waals surface area contributed by atoms with E-state index in [9.17, 15) is 31.5 Å². The Labute approximate surface area is 152 Å². The van der Waals surface area contributed by atoms with Crippen LogP contribution >= 0.6 is 0 Å². The third-order valence-corrected chi connectivity index (χ3v) is 3.66. The van der Waals surface area contributed by atoms with Crippen molar-refractivity contribution in [2.45, 2.75) is 39.3 Å². The maximum Gasteiger partial charge on any atom is 0.456 e. The number of alkyl halides is 5. The van der Waals surface area contributed by atoms with Gasteiger partial charge in [-0.15, -0.1) is 0 Å². The Morgan fingerprint density at radius 1 is 0.963 bits per heavy atom. The second kappa shape index (κ2) is 8.53. The number of carbonyl (C=O) groups excluding carboxylic acids is 2. The van der Waals surface area contributed by atoms with Gasteiger partial charge in [0.25, 0.3) is 0 Å². The van der Waals surface area contributed by atoms with Crippen LogP contribution in [0.4, 0.5) is 22.0 Å². The average Bonchev–Trinajstić information content (AvgIpc) is 2.58. The number of esters is 2. The smallest absolute Gasteiger partial charge is 0.456 e. The molecule has 0 aliphatic carbocycles. The third-order valence-electron chi connectivity index (χ3n) is 3.66. The molecule has 0 radical (unpaired) electrons. The van der Waals surface area contributed by atoms with Gasteiger partial charge in [-0.1, -0.05) is 6.92 Å². The van der Waals surface area contributed by atoms with Gasteiger partial charge in [0.2, 0.25) is 0 Å². The fourth-order valence-electron chi connectivity index (χ4n) is 1.43. The second-order valence-electron chi connectivity index (χ2n) is 6.25. The van der Waals surface area contributed by atoms with E-state index in [0.29, 0.717) is 6.42 Å². The van der Waals surface area contributed by atoms with Gasteiger partial charge < -0.3 is 14.2 Å². The van der Waals surface area contributed by atoms with E-state index in [0.717, 1.165) is 0 Å². The SMILES string of the molecule is CCC(C)(C)C(=O)Oc1ccc(OCC(=O)OCC(F)(F)C(F)(F)F)cc1. The summed E-state index contributed by atoms with van der Waals surface area (Å²) in [5, 5.41) is 0. The van der Waals surface area contributed by atoms with Crippen LogP contribution in [0.25, 0.3) is 0 Å². The van der Waals surface area contributed by atoms with Crippen molar-refractivity contribution in [2.75, 3.05) is 13.2 Å². The number of halogens is 5. The van der Waals surface area contributed by atoms with Gasteiger partial charge in [0.15, 0.2) is 13.2 Å². The summed E-state index contributed by atoms with van der Waals surface area (Å²) in [6.07, 6.45) is -5.24. The van der Waals surface area contributed by atoms with Crippen LogP contribution in [0.15, 0.2) is 24.3 Å². The first-order chi connectivity index (χ1) is 12.3. The molecule has 152 valence electrons. The van der Waals surface area contributed by atoms with Crippen molar-refractivity contribution in [1.29, 1.82) is 0 Å². The van der Waals surface area contributed by atoms with Crippen LogP contribution in [0.3, 0.4) is 0 Å². The number of benzene rings is 1. The van der Waals surface area contributed by atoms with Crippen molar-refractivity contribution < 1.29 is 45.8 Å². The van der Waals surface area contributed by atoms with Crippen molar-refractivity contribution in [3.8, 4) is 11.5 Å². The van der Waals surface area contributed by atoms with E-state index in [-0.39, 0.29) is 11.5 Å². The Bertz CT molecular complexity index is 653. The second-order valence-corrected chi connectivity index (χ2v) is 6.25. The molecule has 0 aliphatic heterocycles. The van der Waals surface area contributed by atoms with Crippen LogP contribution in [0.5, 0.6) is 11.5 Å². The van der Waals surface area contributed by atoms with Crippen LogP contribution in [0, 0.1) is 5.41 Å². The molecule has 0 bridgehead atoms. The van der Waals surface area contributed by atoms with E-state index in [2.05, 4.69) is 4.74 Å². The highest BCUT2D eigenvalue weighted by molar-refractivity contribution is 5.78. The number of ether oxygens (including phenoxy) is 3. The summed E-state index contributed by atoms with van der Waals surface area (Å²) >= 11 is 0. The van der Waals surface area contributed by atoms with Crippen molar-refractivity contribution in [3.05, 3.63) is 24.3 Å². The summed E-state index contributed by atoms with van der Waals surface area (Å²) < 4.78 is 75.1. The van der Waals surface area contributed by atoms with E-state index < -0.39 is 42.7 Å². The Kier molecular flexibility index (Phi) is 7.16. The number of hydrogen-bond donors (Lipinski definition) is 0. The number of hydrogen-bond acceptors (Lipinski definition) is 5. The molecular formula is C17H19F5O5. The molecular weight excluding hydrogens is 379 g/mol. The highest BCUT2D eigenvalue weighted by Crippen LogP contribution is 2.35. The molecule has 27 heavy (non-hydrogen) atoms. The van der Waals surface area contributed by atoms with Crippen LogP contribution in [-0.4, -0.2) is 37.3 Å². The highest BCUT2D eigenvalue weighted by atomic mass is 19.4. The van der Waals surface area contributed by atoms with Crippen molar-refractivity contribution in [2.24, 2.45) is 5.41 Å². The van der Waals surface area contributed by atoms with Gasteiger partial charge in [-0.3, -0.25) is 4.79 Å². The highest BCUT2D eigenvalue weighted by Gasteiger charge is 2.58. The Morgan fingerprint density at radius 2 is 1.48 bits per heavy atom. The van der Waals surface area contributed by atoms with Crippen molar-refractivity contribution >= 4 is 11.9 Å². The van der Waals surface area contributed by atoms with Gasteiger partial charge in [0, 0.05) is 0 Å². The quantitative estimate of drug-likeness (QED) is 0.374. The van der Waals surface area contributed by atoms with Gasteiger partial charge in [-0.2, -0.15) is 22.0 Å². The zero-order chi connectivity index (χ0) is 20.9. The molecule has 10 heteroatoms. The average molecular weight is 398 g/mol. The first-order valence-corrected chi connectivity index (χ1v) is 7.84. The maximum atomic E-state index is 12.6. The zero-order valence-electron chi connectivity index (χ0n) is 14.9. The van der Waals surface area contributed by atoms with E-state index >= 15 is 0 Å². The van der Waals surface area contributed by atoms with Gasteiger partial charge in [-0.25, -0.2) is 4.79 Å². The monoisotopic (exact) mass is 398 g/mol. The molecule has 0 saturated carbocycles. The fourth-order valence-corrected chi connectivity index (χ4v) is 1.43. The first-order valence-electron chi connectivity index (χ1n) is 7.84. The summed E-state index contributed by atoms with van der Waals surface area (Å²) in [4.78, 5) is 23.2. The Hall–Kier alpha value is -2.39. The van der Waals surface area contributed by atoms with E-state index in [1.807, 2.05) is 6.92 Å². The van der Waals surface area contributed by atoms with E-state index in [1.54, 1.807) is 13.8 Å². The zero-order valence-corrected chi connectivity index (χ0v) is 14.9. The van der Waals surface area contributed by atoms with Gasteiger partial charge in [0.05, 0.1) is 5.41 Å². The largest absolute Gasteiger partial charge is 0.482 e. The lowest BCUT2D eigenvalue weighted by molar-refractivity contribution is -0.294. The summed E-state index contributed by atoms with van der Waals surface area (Å²) in [6, 6.07) is 5.42. The van der Waals surface area contributed by atoms with Gasteiger partial charge >= 0.3 is 24.0 Å². The van der Waals surface area contributed by atoms with E-state index in [4.69, 9.17) is 9.47 Å². The molecule has 0 heterocycles. The van der Waals surface area contributed by atoms with Gasteiger partial charge in [0.1, 0.15) is 11.5 Å². The molecule has 0 amide bonds. The summed E-state index contributed by atoms with van der Waals surface area (Å²) in [5.41, 5.74) is -0.669. The minimum Gasteiger partial charge on any atom is -0.482 e. The summed E-state index contributed by atoms with van der Waals surface area (Å²) in [6.45, 7) is 2.29. The molecule has 0 atom stereocenters. The lowest BCUT2D eigenvalue weighted by Gasteiger charge is -2.20. The van der Waals surface area contributed by atoms with Crippen LogP contribution < -0.4 is 9.47 Å². The minimum absolute atomic E-state index is 0.101. The molecule has 0 fully saturated rings. The normalized spacial score (nSPS) is 12.4. The molecule has 0 spiro atoms. The number of carbonyl (C=O) groups is 2. The number of rotatable bonds is 8. The third kappa shape index (κ3) is 6.69. The first kappa shape index (κ1) is 22.7. The molecule has 0 unspecified atom stereocenters. The molecule has 0 N–H and O–H groups in total. The minimum atomic E-state index is -5.81. The van der Waals surface area contributed by atoms with Crippen LogP contribution in [0.2, 0.25) is 0 Å². The molecule has 1 aromatic carbocycles. The molecule has 0 saturated heterocycles. The molecule has 0 aliphatic rings. The fraction of sp³-hybridized carbons (Fsp3) is 0.529. The standard InChI is InChI=1S/C17H19F5O5/c1-4-15(2,3)14(24)27-12-7-5-11(6-8-12)25-9-13(23)26-10-16(18,19)17(20,21)22/h5-8H,4,9-10H2,1-3H3. The van der Waals surface area contributed by atoms with Gasteiger partial charge in [-0.05, 0) is 44.5 Å². The maximum absolute atomic E-state index is 12.6. The predicted molar refractivity (Wildman–Crippen MR) is 83.6 cm³/mol. The predicted octanol–water partition coefficient (Wildman–Crippen LogP) is 4.15. The lowest BCUT2D eigenvalue weighted by Crippen LogP contribution is -2.41. The Balaban J connectivity index is 2.50. The topological polar surface area (TPSA) is 61.8 Å².